The van der Waals surface area contributed by atoms with E-state index in [1.54, 1.807) is 10.9 Å². The second-order valence-corrected chi connectivity index (χ2v) is 5.38. The zero-order valence-electron chi connectivity index (χ0n) is 12.9. The van der Waals surface area contributed by atoms with Crippen LogP contribution in [0.15, 0.2) is 12.7 Å². The molecule has 2 aromatic rings. The van der Waals surface area contributed by atoms with Gasteiger partial charge in [0.25, 0.3) is 0 Å². The molecule has 3 heterocycles. The molecule has 2 aromatic heterocycles. The van der Waals surface area contributed by atoms with Gasteiger partial charge in [-0.2, -0.15) is 0 Å². The fourth-order valence-corrected chi connectivity index (χ4v) is 2.91. The zero-order chi connectivity index (χ0) is 15.7. The smallest absolute Gasteiger partial charge is 0.167 e. The van der Waals surface area contributed by atoms with Gasteiger partial charge in [-0.1, -0.05) is 0 Å². The van der Waals surface area contributed by atoms with Crippen molar-refractivity contribution in [1.82, 2.24) is 19.5 Å². The SMILES string of the molecule is CCN(CC)c1ncnc2c1ncn2C1OC(CN)C[C@@H]1O. The molecule has 0 aliphatic carbocycles. The Morgan fingerprint density at radius 3 is 2.77 bits per heavy atom. The van der Waals surface area contributed by atoms with Gasteiger partial charge in [0.2, 0.25) is 0 Å². The minimum Gasteiger partial charge on any atom is -0.388 e. The number of imidazole rings is 1. The molecule has 8 heteroatoms. The lowest BCUT2D eigenvalue weighted by Crippen LogP contribution is -2.23. The van der Waals surface area contributed by atoms with Crippen LogP contribution in [-0.2, 0) is 4.74 Å². The molecule has 2 unspecified atom stereocenters. The lowest BCUT2D eigenvalue weighted by atomic mass is 10.2. The Balaban J connectivity index is 2.01. The van der Waals surface area contributed by atoms with Crippen LogP contribution in [0.2, 0.25) is 0 Å². The highest BCUT2D eigenvalue weighted by Gasteiger charge is 2.35. The van der Waals surface area contributed by atoms with Crippen molar-refractivity contribution in [3.8, 4) is 0 Å². The molecule has 22 heavy (non-hydrogen) atoms. The summed E-state index contributed by atoms with van der Waals surface area (Å²) in [7, 11) is 0. The first kappa shape index (κ1) is 15.1. The number of aliphatic hydroxyl groups excluding tert-OH is 1. The Morgan fingerprint density at radius 2 is 2.14 bits per heavy atom. The van der Waals surface area contributed by atoms with Crippen molar-refractivity contribution in [2.24, 2.45) is 5.73 Å². The molecule has 3 atom stereocenters. The van der Waals surface area contributed by atoms with Gasteiger partial charge in [0, 0.05) is 26.1 Å². The summed E-state index contributed by atoms with van der Waals surface area (Å²) in [6.07, 6.45) is 2.45. The first-order valence-corrected chi connectivity index (χ1v) is 7.65. The van der Waals surface area contributed by atoms with E-state index in [0.717, 1.165) is 24.4 Å². The highest BCUT2D eigenvalue weighted by atomic mass is 16.5. The summed E-state index contributed by atoms with van der Waals surface area (Å²) >= 11 is 0. The van der Waals surface area contributed by atoms with Crippen LogP contribution in [0, 0.1) is 0 Å². The minimum atomic E-state index is -0.613. The van der Waals surface area contributed by atoms with Gasteiger partial charge < -0.3 is 20.5 Å². The summed E-state index contributed by atoms with van der Waals surface area (Å²) in [6, 6.07) is 0. The first-order chi connectivity index (χ1) is 10.7. The van der Waals surface area contributed by atoms with E-state index in [9.17, 15) is 5.11 Å². The van der Waals surface area contributed by atoms with Gasteiger partial charge in [0.05, 0.1) is 12.4 Å². The van der Waals surface area contributed by atoms with Gasteiger partial charge in [-0.05, 0) is 13.8 Å². The summed E-state index contributed by atoms with van der Waals surface area (Å²) in [6.45, 7) is 6.22. The molecule has 1 fully saturated rings. The maximum atomic E-state index is 10.2. The third kappa shape index (κ3) is 2.43. The average Bonchev–Trinajstić information content (AvgIpc) is 3.12. The maximum Gasteiger partial charge on any atom is 0.167 e. The Hall–Kier alpha value is -1.77. The Bertz CT molecular complexity index is 641. The number of ether oxygens (including phenoxy) is 1. The number of rotatable bonds is 5. The number of nitrogens with zero attached hydrogens (tertiary/aromatic N) is 5. The van der Waals surface area contributed by atoms with Crippen LogP contribution in [0.3, 0.4) is 0 Å². The van der Waals surface area contributed by atoms with Crippen molar-refractivity contribution in [2.45, 2.75) is 38.7 Å². The molecule has 0 spiro atoms. The van der Waals surface area contributed by atoms with Crippen molar-refractivity contribution in [3.05, 3.63) is 12.7 Å². The van der Waals surface area contributed by atoms with Gasteiger partial charge in [0.15, 0.2) is 23.2 Å². The van der Waals surface area contributed by atoms with Crippen molar-refractivity contribution in [1.29, 1.82) is 0 Å². The van der Waals surface area contributed by atoms with Gasteiger partial charge in [-0.15, -0.1) is 0 Å². The normalized spacial score (nSPS) is 25.0. The van der Waals surface area contributed by atoms with Crippen LogP contribution < -0.4 is 10.6 Å². The van der Waals surface area contributed by atoms with E-state index in [1.807, 2.05) is 0 Å². The highest BCUT2D eigenvalue weighted by molar-refractivity contribution is 5.83. The van der Waals surface area contributed by atoms with E-state index in [4.69, 9.17) is 10.5 Å². The quantitative estimate of drug-likeness (QED) is 0.818. The highest BCUT2D eigenvalue weighted by Crippen LogP contribution is 2.31. The van der Waals surface area contributed by atoms with Crippen LogP contribution in [0.1, 0.15) is 26.5 Å². The molecule has 0 saturated carbocycles. The van der Waals surface area contributed by atoms with Crippen molar-refractivity contribution >= 4 is 17.0 Å². The summed E-state index contributed by atoms with van der Waals surface area (Å²) < 4.78 is 7.57. The van der Waals surface area contributed by atoms with Gasteiger partial charge >= 0.3 is 0 Å². The van der Waals surface area contributed by atoms with Crippen LogP contribution >= 0.6 is 0 Å². The van der Waals surface area contributed by atoms with Crippen LogP contribution in [0.25, 0.3) is 11.2 Å². The summed E-state index contributed by atoms with van der Waals surface area (Å²) in [4.78, 5) is 15.2. The number of anilines is 1. The van der Waals surface area contributed by atoms with Gasteiger partial charge in [-0.25, -0.2) is 15.0 Å². The third-order valence-electron chi connectivity index (χ3n) is 4.10. The number of hydrogen-bond donors (Lipinski definition) is 2. The molecule has 8 nitrogen and oxygen atoms in total. The van der Waals surface area contributed by atoms with E-state index >= 15 is 0 Å². The number of aliphatic hydroxyl groups is 1. The molecule has 0 radical (unpaired) electrons. The number of fused-ring (bicyclic) bond motifs is 1. The average molecular weight is 306 g/mol. The topological polar surface area (TPSA) is 102 Å². The fraction of sp³-hybridized carbons (Fsp3) is 0.643. The number of hydrogen-bond acceptors (Lipinski definition) is 7. The zero-order valence-corrected chi connectivity index (χ0v) is 12.9. The second kappa shape index (κ2) is 6.15. The molecule has 0 aromatic carbocycles. The van der Waals surface area contributed by atoms with Crippen LogP contribution in [-0.4, -0.2) is 56.5 Å². The lowest BCUT2D eigenvalue weighted by Gasteiger charge is -2.20. The molecular formula is C14H22N6O2. The molecule has 3 N–H and O–H groups in total. The molecule has 120 valence electrons. The predicted octanol–water partition coefficient (Wildman–Crippen LogP) is 0.280. The maximum absolute atomic E-state index is 10.2. The van der Waals surface area contributed by atoms with Gasteiger partial charge in [-0.3, -0.25) is 4.57 Å². The Labute approximate surface area is 128 Å². The summed E-state index contributed by atoms with van der Waals surface area (Å²) in [5.41, 5.74) is 7.02. The van der Waals surface area contributed by atoms with E-state index in [-0.39, 0.29) is 6.10 Å². The molecule has 0 bridgehead atoms. The minimum absolute atomic E-state index is 0.137. The summed E-state index contributed by atoms with van der Waals surface area (Å²) in [5, 5.41) is 10.2. The van der Waals surface area contributed by atoms with E-state index < -0.39 is 12.3 Å². The Kier molecular flexibility index (Phi) is 4.23. The van der Waals surface area contributed by atoms with Crippen LogP contribution in [0.5, 0.6) is 0 Å². The van der Waals surface area contributed by atoms with E-state index in [1.165, 1.54) is 6.33 Å². The standard InChI is InChI=1S/C14H22N6O2/c1-3-19(4-2)12-11-13(17-7-16-12)20(8-18-11)14-10(21)5-9(6-15)22-14/h7-10,14,21H,3-6,15H2,1-2H3/t9?,10-,14?/m0/s1. The Morgan fingerprint density at radius 1 is 1.36 bits per heavy atom. The second-order valence-electron chi connectivity index (χ2n) is 5.38. The molecule has 0 amide bonds. The largest absolute Gasteiger partial charge is 0.388 e. The molecule has 3 rings (SSSR count). The first-order valence-electron chi connectivity index (χ1n) is 7.65. The van der Waals surface area contributed by atoms with E-state index in [2.05, 4.69) is 33.7 Å². The third-order valence-corrected chi connectivity index (χ3v) is 4.10. The lowest BCUT2D eigenvalue weighted by molar-refractivity contribution is -0.0321. The monoisotopic (exact) mass is 306 g/mol. The van der Waals surface area contributed by atoms with Crippen molar-refractivity contribution in [3.63, 3.8) is 0 Å². The van der Waals surface area contributed by atoms with Crippen LogP contribution in [0.4, 0.5) is 5.82 Å². The molecule has 1 saturated heterocycles. The predicted molar refractivity (Wildman–Crippen MR) is 82.5 cm³/mol. The van der Waals surface area contributed by atoms with E-state index in [0.29, 0.717) is 18.6 Å². The molecular weight excluding hydrogens is 284 g/mol. The fourth-order valence-electron chi connectivity index (χ4n) is 2.91. The number of aromatic nitrogens is 4. The number of nitrogens with two attached hydrogens (primary N) is 1. The van der Waals surface area contributed by atoms with Crippen molar-refractivity contribution < 1.29 is 9.84 Å². The van der Waals surface area contributed by atoms with Gasteiger partial charge in [0.1, 0.15) is 12.4 Å². The summed E-state index contributed by atoms with van der Waals surface area (Å²) in [5.74, 6) is 0.802. The van der Waals surface area contributed by atoms with Crippen molar-refractivity contribution in [2.75, 3.05) is 24.5 Å². The molecule has 1 aliphatic heterocycles. The molecule has 1 aliphatic rings.